The highest BCUT2D eigenvalue weighted by molar-refractivity contribution is 5.98. The van der Waals surface area contributed by atoms with Crippen LogP contribution in [0.25, 0.3) is 0 Å². The lowest BCUT2D eigenvalue weighted by Gasteiger charge is -2.33. The summed E-state index contributed by atoms with van der Waals surface area (Å²) in [6.07, 6.45) is 6.97. The SMILES string of the molecule is C=C/C=C\C.CC(O)(CC(C)(C)c1cc(F)ccc1O)C(=O)Nc1ccc2c(c1)COC2=O.CC/C(C)=C/F. The number of phenolic OH excluding ortho intramolecular Hbond substituents is 1. The molecule has 6 nitrogen and oxygen atoms in total. The first-order chi connectivity index (χ1) is 18.2. The number of hydrogen-bond acceptors (Lipinski definition) is 5. The summed E-state index contributed by atoms with van der Waals surface area (Å²) in [5.41, 5.74) is -0.0452. The van der Waals surface area contributed by atoms with Crippen molar-refractivity contribution in [3.8, 4) is 5.75 Å². The van der Waals surface area contributed by atoms with Gasteiger partial charge >= 0.3 is 5.97 Å². The summed E-state index contributed by atoms with van der Waals surface area (Å²) in [6, 6.07) is 8.32. The number of amides is 1. The molecule has 0 saturated heterocycles. The summed E-state index contributed by atoms with van der Waals surface area (Å²) in [5.74, 6) is -1.68. The molecule has 3 rings (SSSR count). The van der Waals surface area contributed by atoms with Gasteiger partial charge in [0.15, 0.2) is 0 Å². The van der Waals surface area contributed by atoms with Crippen LogP contribution in [0.1, 0.15) is 75.9 Å². The number of phenols is 1. The Morgan fingerprint density at radius 1 is 1.21 bits per heavy atom. The minimum absolute atomic E-state index is 0.0601. The number of fused-ring (bicyclic) bond motifs is 1. The smallest absolute Gasteiger partial charge is 0.338 e. The van der Waals surface area contributed by atoms with E-state index in [1.165, 1.54) is 19.1 Å². The van der Waals surface area contributed by atoms with E-state index in [1.807, 2.05) is 26.0 Å². The lowest BCUT2D eigenvalue weighted by Crippen LogP contribution is -2.44. The number of carbonyl (C=O) groups excluding carboxylic acids is 2. The lowest BCUT2D eigenvalue weighted by atomic mass is 9.75. The first kappa shape index (κ1) is 33.2. The zero-order valence-electron chi connectivity index (χ0n) is 23.5. The van der Waals surface area contributed by atoms with Crippen molar-refractivity contribution >= 4 is 17.6 Å². The van der Waals surface area contributed by atoms with Gasteiger partial charge in [0.05, 0.1) is 11.9 Å². The van der Waals surface area contributed by atoms with Crippen LogP contribution in [0, 0.1) is 5.82 Å². The van der Waals surface area contributed by atoms with Crippen molar-refractivity contribution in [3.05, 3.63) is 95.6 Å². The lowest BCUT2D eigenvalue weighted by molar-refractivity contribution is -0.134. The fourth-order valence-electron chi connectivity index (χ4n) is 3.78. The van der Waals surface area contributed by atoms with Crippen LogP contribution < -0.4 is 5.32 Å². The topological polar surface area (TPSA) is 95.9 Å². The van der Waals surface area contributed by atoms with Crippen LogP contribution in [0.15, 0.2) is 73.1 Å². The van der Waals surface area contributed by atoms with Crippen LogP contribution in [0.3, 0.4) is 0 Å². The van der Waals surface area contributed by atoms with E-state index in [1.54, 1.807) is 45.0 Å². The number of benzene rings is 2. The molecular formula is C31H39F2NO5. The van der Waals surface area contributed by atoms with Crippen molar-refractivity contribution in [2.24, 2.45) is 0 Å². The molecule has 1 unspecified atom stereocenters. The Hall–Kier alpha value is -3.78. The van der Waals surface area contributed by atoms with Gasteiger partial charge in [-0.3, -0.25) is 4.79 Å². The number of aromatic hydroxyl groups is 1. The molecule has 1 aliphatic rings. The van der Waals surface area contributed by atoms with Crippen molar-refractivity contribution < 1.29 is 33.3 Å². The molecule has 1 heterocycles. The predicted molar refractivity (Wildman–Crippen MR) is 151 cm³/mol. The molecule has 1 aliphatic heterocycles. The summed E-state index contributed by atoms with van der Waals surface area (Å²) in [7, 11) is 0. The number of anilines is 1. The number of carbonyl (C=O) groups is 2. The van der Waals surface area contributed by atoms with Gasteiger partial charge in [-0.15, -0.1) is 0 Å². The summed E-state index contributed by atoms with van der Waals surface area (Å²) in [6.45, 7) is 14.0. The molecule has 3 N–H and O–H groups in total. The number of hydrogen-bond donors (Lipinski definition) is 3. The van der Waals surface area contributed by atoms with E-state index < -0.39 is 28.7 Å². The largest absolute Gasteiger partial charge is 0.508 e. The molecule has 0 fully saturated rings. The molecule has 1 atom stereocenters. The Kier molecular flexibility index (Phi) is 12.8. The molecular weight excluding hydrogens is 504 g/mol. The quantitative estimate of drug-likeness (QED) is 0.252. The van der Waals surface area contributed by atoms with E-state index in [0.717, 1.165) is 18.1 Å². The van der Waals surface area contributed by atoms with E-state index in [2.05, 4.69) is 11.9 Å². The zero-order valence-corrected chi connectivity index (χ0v) is 23.5. The van der Waals surface area contributed by atoms with Gasteiger partial charge in [-0.2, -0.15) is 0 Å². The molecule has 0 bridgehead atoms. The molecule has 8 heteroatoms. The fraction of sp³-hybridized carbons (Fsp3) is 0.355. The van der Waals surface area contributed by atoms with Crippen LogP contribution >= 0.6 is 0 Å². The molecule has 0 aliphatic carbocycles. The Bertz CT molecular complexity index is 1220. The third kappa shape index (κ3) is 10.1. The van der Waals surface area contributed by atoms with E-state index in [-0.39, 0.29) is 18.8 Å². The third-order valence-electron chi connectivity index (χ3n) is 5.98. The molecule has 0 aromatic heterocycles. The maximum Gasteiger partial charge on any atom is 0.338 e. The number of halogens is 2. The number of aliphatic hydroxyl groups is 1. The molecule has 0 spiro atoms. The number of ether oxygens (including phenoxy) is 1. The van der Waals surface area contributed by atoms with Crippen LogP contribution in [-0.2, 0) is 21.6 Å². The van der Waals surface area contributed by atoms with E-state index >= 15 is 0 Å². The highest BCUT2D eigenvalue weighted by atomic mass is 19.1. The highest BCUT2D eigenvalue weighted by Crippen LogP contribution is 2.38. The average molecular weight is 544 g/mol. The summed E-state index contributed by atoms with van der Waals surface area (Å²) < 4.78 is 29.8. The molecule has 0 radical (unpaired) electrons. The summed E-state index contributed by atoms with van der Waals surface area (Å²) >= 11 is 0. The van der Waals surface area contributed by atoms with Crippen LogP contribution in [0.4, 0.5) is 14.5 Å². The van der Waals surface area contributed by atoms with Gasteiger partial charge in [0.2, 0.25) is 0 Å². The molecule has 0 saturated carbocycles. The second-order valence-electron chi connectivity index (χ2n) is 9.97. The first-order valence-electron chi connectivity index (χ1n) is 12.5. The Morgan fingerprint density at radius 3 is 2.38 bits per heavy atom. The minimum atomic E-state index is -1.80. The molecule has 1 amide bonds. The third-order valence-corrected chi connectivity index (χ3v) is 5.98. The van der Waals surface area contributed by atoms with Gasteiger partial charge in [0, 0.05) is 16.8 Å². The van der Waals surface area contributed by atoms with Crippen molar-refractivity contribution in [2.45, 2.75) is 72.0 Å². The van der Waals surface area contributed by atoms with Crippen molar-refractivity contribution in [2.75, 3.05) is 5.32 Å². The van der Waals surface area contributed by atoms with Crippen LogP contribution in [0.5, 0.6) is 5.75 Å². The second kappa shape index (κ2) is 15.0. The monoisotopic (exact) mass is 543 g/mol. The van der Waals surface area contributed by atoms with Gasteiger partial charge in [-0.25, -0.2) is 13.6 Å². The maximum absolute atomic E-state index is 13.6. The highest BCUT2D eigenvalue weighted by Gasteiger charge is 2.39. The standard InChI is InChI=1S/C21H22FNO5.C5H9F.C5H8/c1-20(2,16-9-13(22)4-7-17(16)24)11-21(3,27)19(26)23-14-5-6-15-12(8-14)10-28-18(15)25;1-3-5(2)4-6;1-3-5-4-2/h4-9,24,27H,10-11H2,1-3H3,(H,23,26);4H,3H2,1-2H3;3-5H,1H2,2H3/b;5-4+;5-4-. The first-order valence-corrected chi connectivity index (χ1v) is 12.5. The summed E-state index contributed by atoms with van der Waals surface area (Å²) in [4.78, 5) is 24.2. The van der Waals surface area contributed by atoms with Crippen molar-refractivity contribution in [3.63, 3.8) is 0 Å². The number of esters is 1. The van der Waals surface area contributed by atoms with E-state index in [9.17, 15) is 28.6 Å². The average Bonchev–Trinajstić information content (AvgIpc) is 3.25. The zero-order chi connectivity index (χ0) is 29.8. The van der Waals surface area contributed by atoms with Crippen molar-refractivity contribution in [1.29, 1.82) is 0 Å². The van der Waals surface area contributed by atoms with Crippen molar-refractivity contribution in [1.82, 2.24) is 0 Å². The Labute approximate surface area is 229 Å². The number of allylic oxidation sites excluding steroid dienone is 4. The normalized spacial score (nSPS) is 14.2. The minimum Gasteiger partial charge on any atom is -0.508 e. The van der Waals surface area contributed by atoms with E-state index in [4.69, 9.17) is 4.74 Å². The number of nitrogens with one attached hydrogen (secondary N) is 1. The second-order valence-corrected chi connectivity index (χ2v) is 9.97. The maximum atomic E-state index is 13.6. The molecule has 2 aromatic carbocycles. The fourth-order valence-corrected chi connectivity index (χ4v) is 3.78. The summed E-state index contributed by atoms with van der Waals surface area (Å²) in [5, 5.41) is 23.5. The van der Waals surface area contributed by atoms with Gasteiger partial charge in [-0.1, -0.05) is 45.6 Å². The molecule has 2 aromatic rings. The predicted octanol–water partition coefficient (Wildman–Crippen LogP) is 7.28. The molecule has 39 heavy (non-hydrogen) atoms. The van der Waals surface area contributed by atoms with Gasteiger partial charge in [0.25, 0.3) is 5.91 Å². The number of rotatable bonds is 7. The molecule has 212 valence electrons. The van der Waals surface area contributed by atoms with Crippen LogP contribution in [-0.4, -0.2) is 27.7 Å². The Balaban J connectivity index is 0.000000584. The van der Waals surface area contributed by atoms with Gasteiger partial charge < -0.3 is 20.3 Å². The Morgan fingerprint density at radius 2 is 1.87 bits per heavy atom. The number of cyclic esters (lactones) is 1. The van der Waals surface area contributed by atoms with Crippen LogP contribution in [0.2, 0.25) is 0 Å². The van der Waals surface area contributed by atoms with Gasteiger partial charge in [0.1, 0.15) is 23.8 Å². The van der Waals surface area contributed by atoms with Gasteiger partial charge in [-0.05, 0) is 81.0 Å². The van der Waals surface area contributed by atoms with E-state index in [0.29, 0.717) is 28.7 Å².